The number of anilines is 1. The van der Waals surface area contributed by atoms with E-state index >= 15 is 0 Å². The van der Waals surface area contributed by atoms with E-state index in [0.29, 0.717) is 17.2 Å². The third kappa shape index (κ3) is 8.00. The Morgan fingerprint density at radius 3 is 2.36 bits per heavy atom. The van der Waals surface area contributed by atoms with Gasteiger partial charge in [-0.15, -0.1) is 0 Å². The van der Waals surface area contributed by atoms with Crippen molar-refractivity contribution in [1.29, 1.82) is 0 Å². The summed E-state index contributed by atoms with van der Waals surface area (Å²) in [5, 5.41) is 2.90. The predicted octanol–water partition coefficient (Wildman–Crippen LogP) is 4.27. The number of hydrogen-bond acceptors (Lipinski definition) is 6. The monoisotopic (exact) mass is 597 g/mol. The zero-order valence-corrected chi connectivity index (χ0v) is 24.8. The molecule has 1 aliphatic heterocycles. The van der Waals surface area contributed by atoms with Crippen molar-refractivity contribution in [3.63, 3.8) is 0 Å². The fourth-order valence-electron chi connectivity index (χ4n) is 4.79. The summed E-state index contributed by atoms with van der Waals surface area (Å²) in [7, 11) is -3.69. The van der Waals surface area contributed by atoms with E-state index in [9.17, 15) is 22.4 Å². The van der Waals surface area contributed by atoms with Gasteiger partial charge in [-0.1, -0.05) is 48.5 Å². The topological polar surface area (TPSA) is 105 Å². The number of fused-ring (bicyclic) bond motifs is 1. The predicted molar refractivity (Wildman–Crippen MR) is 158 cm³/mol. The molecule has 1 N–H and O–H groups in total. The van der Waals surface area contributed by atoms with E-state index in [4.69, 9.17) is 9.47 Å². The lowest BCUT2D eigenvalue weighted by Crippen LogP contribution is -2.52. The number of carbonyl (C=O) groups excluding carboxylic acids is 2. The molecule has 0 aromatic heterocycles. The second-order valence-corrected chi connectivity index (χ2v) is 12.4. The molecule has 42 heavy (non-hydrogen) atoms. The number of hydrogen-bond donors (Lipinski definition) is 1. The molecule has 0 radical (unpaired) electrons. The summed E-state index contributed by atoms with van der Waals surface area (Å²) >= 11 is 0. The number of nitrogens with one attached hydrogen (secondary N) is 1. The molecule has 0 fully saturated rings. The number of nitrogens with zero attached hydrogens (tertiary/aromatic N) is 2. The van der Waals surface area contributed by atoms with Crippen LogP contribution in [0.15, 0.2) is 72.8 Å². The van der Waals surface area contributed by atoms with Gasteiger partial charge in [0.25, 0.3) is 0 Å². The van der Waals surface area contributed by atoms with Crippen LogP contribution in [0.5, 0.6) is 11.5 Å². The summed E-state index contributed by atoms with van der Waals surface area (Å²) in [6.07, 6.45) is 1.42. The van der Waals surface area contributed by atoms with Crippen molar-refractivity contribution < 1.29 is 31.9 Å². The van der Waals surface area contributed by atoms with Gasteiger partial charge in [-0.05, 0) is 44.0 Å². The number of benzene rings is 3. The highest BCUT2D eigenvalue weighted by atomic mass is 32.2. The molecule has 2 amide bonds. The van der Waals surface area contributed by atoms with Crippen LogP contribution in [0.4, 0.5) is 10.1 Å². The van der Waals surface area contributed by atoms with Gasteiger partial charge in [0.05, 0.1) is 11.9 Å². The molecule has 0 saturated heterocycles. The molecule has 3 aromatic carbocycles. The van der Waals surface area contributed by atoms with Crippen molar-refractivity contribution in [3.05, 3.63) is 89.7 Å². The summed E-state index contributed by atoms with van der Waals surface area (Å²) in [6, 6.07) is 19.2. The Hall–Kier alpha value is -4.12. The van der Waals surface area contributed by atoms with Gasteiger partial charge in [0.1, 0.15) is 11.9 Å². The van der Waals surface area contributed by atoms with Crippen molar-refractivity contribution in [2.24, 2.45) is 0 Å². The SMILES string of the molecule is CC(C)NC(=O)[C@H](Cc1ccccc1)N(Cc1ccccc1F)C(=O)CCCN(c1ccc2c(c1)OCO2)S(C)(=O)=O. The van der Waals surface area contributed by atoms with Gasteiger partial charge in [0.2, 0.25) is 28.6 Å². The third-order valence-corrected chi connectivity index (χ3v) is 7.99. The summed E-state index contributed by atoms with van der Waals surface area (Å²) < 4.78 is 52.1. The molecule has 4 rings (SSSR count). The normalized spacial score (nSPS) is 13.1. The molecule has 1 aliphatic rings. The van der Waals surface area contributed by atoms with Crippen LogP contribution in [0, 0.1) is 5.82 Å². The maximum absolute atomic E-state index is 14.8. The maximum atomic E-state index is 14.8. The summed E-state index contributed by atoms with van der Waals surface area (Å²) in [4.78, 5) is 28.7. The van der Waals surface area contributed by atoms with Crippen LogP contribution in [0.1, 0.15) is 37.8 Å². The molecule has 0 bridgehead atoms. The van der Waals surface area contributed by atoms with Crippen LogP contribution in [-0.2, 0) is 32.6 Å². The molecule has 0 spiro atoms. The largest absolute Gasteiger partial charge is 0.454 e. The Labute approximate surface area is 246 Å². The van der Waals surface area contributed by atoms with Crippen LogP contribution in [0.3, 0.4) is 0 Å². The Kier molecular flexibility index (Phi) is 10.1. The number of halogens is 1. The first-order valence-corrected chi connectivity index (χ1v) is 15.6. The molecule has 0 saturated carbocycles. The van der Waals surface area contributed by atoms with E-state index in [2.05, 4.69) is 5.32 Å². The number of carbonyl (C=O) groups is 2. The van der Waals surface area contributed by atoms with Crippen LogP contribution in [0.2, 0.25) is 0 Å². The van der Waals surface area contributed by atoms with Crippen LogP contribution in [-0.4, -0.2) is 56.8 Å². The second kappa shape index (κ2) is 13.7. The van der Waals surface area contributed by atoms with Gasteiger partial charge in [-0.2, -0.15) is 0 Å². The highest BCUT2D eigenvalue weighted by molar-refractivity contribution is 7.92. The minimum absolute atomic E-state index is 0.0132. The second-order valence-electron chi connectivity index (χ2n) is 10.5. The number of ether oxygens (including phenoxy) is 2. The van der Waals surface area contributed by atoms with E-state index in [1.807, 2.05) is 44.2 Å². The zero-order valence-electron chi connectivity index (χ0n) is 24.0. The zero-order chi connectivity index (χ0) is 30.3. The lowest BCUT2D eigenvalue weighted by Gasteiger charge is -2.32. The number of sulfonamides is 1. The molecular formula is C31H36FN3O6S. The number of amides is 2. The maximum Gasteiger partial charge on any atom is 0.243 e. The van der Waals surface area contributed by atoms with Gasteiger partial charge >= 0.3 is 0 Å². The molecule has 224 valence electrons. The molecule has 11 heteroatoms. The minimum Gasteiger partial charge on any atom is -0.454 e. The molecule has 3 aromatic rings. The van der Waals surface area contributed by atoms with E-state index < -0.39 is 27.8 Å². The fourth-order valence-corrected chi connectivity index (χ4v) is 5.75. The quantitative estimate of drug-likeness (QED) is 0.316. The Morgan fingerprint density at radius 2 is 1.67 bits per heavy atom. The van der Waals surface area contributed by atoms with Gasteiger partial charge in [-0.3, -0.25) is 13.9 Å². The lowest BCUT2D eigenvalue weighted by molar-refractivity contribution is -0.141. The summed E-state index contributed by atoms with van der Waals surface area (Å²) in [5.41, 5.74) is 1.51. The van der Waals surface area contributed by atoms with Crippen molar-refractivity contribution >= 4 is 27.5 Å². The van der Waals surface area contributed by atoms with Crippen molar-refractivity contribution in [1.82, 2.24) is 10.2 Å². The average molecular weight is 598 g/mol. The van der Waals surface area contributed by atoms with Crippen molar-refractivity contribution in [2.45, 2.75) is 51.7 Å². The Bertz CT molecular complexity index is 1500. The van der Waals surface area contributed by atoms with E-state index in [1.54, 1.807) is 36.4 Å². The van der Waals surface area contributed by atoms with Crippen LogP contribution in [0.25, 0.3) is 0 Å². The van der Waals surface area contributed by atoms with Crippen molar-refractivity contribution in [2.75, 3.05) is 23.9 Å². The fraction of sp³-hybridized carbons (Fsp3) is 0.355. The average Bonchev–Trinajstić information content (AvgIpc) is 3.41. The van der Waals surface area contributed by atoms with Crippen molar-refractivity contribution in [3.8, 4) is 11.5 Å². The summed E-state index contributed by atoms with van der Waals surface area (Å²) in [6.45, 7) is 3.61. The molecule has 1 atom stereocenters. The Morgan fingerprint density at radius 1 is 0.976 bits per heavy atom. The molecular weight excluding hydrogens is 561 g/mol. The van der Waals surface area contributed by atoms with Gasteiger partial charge in [-0.25, -0.2) is 12.8 Å². The van der Waals surface area contributed by atoms with Crippen LogP contribution < -0.4 is 19.1 Å². The first kappa shape index (κ1) is 30.8. The molecule has 0 unspecified atom stereocenters. The van der Waals surface area contributed by atoms with Crippen LogP contribution >= 0.6 is 0 Å². The molecule has 1 heterocycles. The van der Waals surface area contributed by atoms with E-state index in [1.165, 1.54) is 15.3 Å². The Balaban J connectivity index is 1.58. The third-order valence-electron chi connectivity index (χ3n) is 6.80. The highest BCUT2D eigenvalue weighted by Crippen LogP contribution is 2.36. The van der Waals surface area contributed by atoms with E-state index in [-0.39, 0.29) is 56.7 Å². The number of rotatable bonds is 13. The van der Waals surface area contributed by atoms with Gasteiger partial charge < -0.3 is 19.7 Å². The van der Waals surface area contributed by atoms with Gasteiger partial charge in [0, 0.05) is 43.6 Å². The van der Waals surface area contributed by atoms with Gasteiger partial charge in [0.15, 0.2) is 11.5 Å². The smallest absolute Gasteiger partial charge is 0.243 e. The van der Waals surface area contributed by atoms with E-state index in [0.717, 1.165) is 11.8 Å². The lowest BCUT2D eigenvalue weighted by atomic mass is 10.0. The molecule has 9 nitrogen and oxygen atoms in total. The minimum atomic E-state index is -3.69. The highest BCUT2D eigenvalue weighted by Gasteiger charge is 2.31. The first-order chi connectivity index (χ1) is 20.0. The standard InChI is InChI=1S/C31H36FN3O6S/c1-22(2)33-31(37)27(18-23-10-5-4-6-11-23)34(20-24-12-7-8-13-26(24)32)30(36)14-9-17-35(42(3,38)39)25-15-16-28-29(19-25)41-21-40-28/h4-8,10-13,15-16,19,22,27H,9,14,17-18,20-21H2,1-3H3,(H,33,37)/t27-/m0/s1. The first-order valence-electron chi connectivity index (χ1n) is 13.8. The summed E-state index contributed by atoms with van der Waals surface area (Å²) in [5.74, 6) is -0.263. The molecule has 0 aliphatic carbocycles.